The van der Waals surface area contributed by atoms with E-state index in [-0.39, 0.29) is 24.6 Å². The molecular formula is C38H52N2O8S. The van der Waals surface area contributed by atoms with Gasteiger partial charge in [-0.25, -0.2) is 8.42 Å². The average Bonchev–Trinajstić information content (AvgIpc) is 3.10. The first kappa shape index (κ1) is 37.2. The lowest BCUT2D eigenvalue weighted by atomic mass is 9.85. The summed E-state index contributed by atoms with van der Waals surface area (Å²) in [5.74, 6) is 0.703. The first-order valence-electron chi connectivity index (χ1n) is 17.3. The van der Waals surface area contributed by atoms with Crippen molar-refractivity contribution in [3.8, 4) is 5.75 Å². The molecule has 0 aromatic heterocycles. The monoisotopic (exact) mass is 696 g/mol. The van der Waals surface area contributed by atoms with Crippen LogP contribution in [0.4, 0.5) is 5.69 Å². The number of aryl methyl sites for hydroxylation is 1. The van der Waals surface area contributed by atoms with E-state index in [1.807, 2.05) is 50.2 Å². The summed E-state index contributed by atoms with van der Waals surface area (Å²) in [7, 11) is -2.15. The molecule has 3 aromatic rings. The van der Waals surface area contributed by atoms with Crippen molar-refractivity contribution < 1.29 is 37.2 Å². The molecule has 2 heterocycles. The van der Waals surface area contributed by atoms with E-state index in [1.54, 1.807) is 31.4 Å². The molecule has 0 amide bonds. The number of aliphatic hydroxyl groups is 1. The van der Waals surface area contributed by atoms with E-state index in [0.717, 1.165) is 53.2 Å². The van der Waals surface area contributed by atoms with Crippen LogP contribution in [0, 0.1) is 12.8 Å². The lowest BCUT2D eigenvalue weighted by molar-refractivity contribution is -0.0534. The first-order valence-corrected chi connectivity index (χ1v) is 18.7. The minimum Gasteiger partial charge on any atom is -0.490 e. The maximum Gasteiger partial charge on any atom is 0.243 e. The lowest BCUT2D eigenvalue weighted by Crippen LogP contribution is -2.53. The van der Waals surface area contributed by atoms with Gasteiger partial charge in [-0.05, 0) is 61.2 Å². The highest BCUT2D eigenvalue weighted by molar-refractivity contribution is 7.89. The van der Waals surface area contributed by atoms with Crippen LogP contribution in [-0.4, -0.2) is 96.4 Å². The zero-order valence-corrected chi connectivity index (χ0v) is 30.1. The summed E-state index contributed by atoms with van der Waals surface area (Å²) >= 11 is 0. The summed E-state index contributed by atoms with van der Waals surface area (Å²) in [5.41, 5.74) is 4.84. The van der Waals surface area contributed by atoms with Gasteiger partial charge in [-0.3, -0.25) is 0 Å². The van der Waals surface area contributed by atoms with E-state index in [2.05, 4.69) is 17.9 Å². The molecule has 1 saturated heterocycles. The molecule has 3 aromatic carbocycles. The van der Waals surface area contributed by atoms with Crippen molar-refractivity contribution in [1.82, 2.24) is 4.31 Å². The van der Waals surface area contributed by atoms with Crippen molar-refractivity contribution in [2.24, 2.45) is 5.92 Å². The predicted molar refractivity (Wildman–Crippen MR) is 190 cm³/mol. The molecule has 268 valence electrons. The zero-order chi connectivity index (χ0) is 34.8. The van der Waals surface area contributed by atoms with Crippen LogP contribution in [0.15, 0.2) is 71.6 Å². The Kier molecular flexibility index (Phi) is 13.5. The van der Waals surface area contributed by atoms with Crippen molar-refractivity contribution in [2.45, 2.75) is 63.4 Å². The molecule has 49 heavy (non-hydrogen) atoms. The molecule has 1 fully saturated rings. The Bertz CT molecular complexity index is 1570. The number of hydrogen-bond acceptors (Lipinski definition) is 9. The second-order valence-corrected chi connectivity index (χ2v) is 15.0. The molecule has 10 nitrogen and oxygen atoms in total. The van der Waals surface area contributed by atoms with Gasteiger partial charge in [-0.15, -0.1) is 0 Å². The van der Waals surface area contributed by atoms with Crippen LogP contribution >= 0.6 is 0 Å². The van der Waals surface area contributed by atoms with Gasteiger partial charge >= 0.3 is 0 Å². The van der Waals surface area contributed by atoms with Crippen LogP contribution in [0.5, 0.6) is 5.75 Å². The molecule has 4 atom stereocenters. The molecule has 2 aliphatic heterocycles. The number of methoxy groups -OCH3 is 1. The third-order valence-corrected chi connectivity index (χ3v) is 11.0. The lowest BCUT2D eigenvalue weighted by Gasteiger charge is -2.41. The van der Waals surface area contributed by atoms with Gasteiger partial charge in [0.2, 0.25) is 10.0 Å². The van der Waals surface area contributed by atoms with Crippen LogP contribution in [0.3, 0.4) is 0 Å². The molecule has 1 unspecified atom stereocenters. The van der Waals surface area contributed by atoms with Crippen LogP contribution in [-0.2, 0) is 42.2 Å². The number of aliphatic hydroxyl groups excluding tert-OH is 1. The molecule has 1 N–H and O–H groups in total. The first-order chi connectivity index (χ1) is 23.7. The Balaban J connectivity index is 1.34. The highest BCUT2D eigenvalue weighted by Crippen LogP contribution is 2.36. The highest BCUT2D eigenvalue weighted by Gasteiger charge is 2.42. The highest BCUT2D eigenvalue weighted by atomic mass is 32.2. The standard InChI is InChI=1S/C38H52N2O8S/c1-5-45-24-29(3)25-46-26-30-9-12-32(13-10-30)38-35(41)22-40(49(42,43)33-14-7-28(2)8-15-33)23-37(38)48-27-31-11-16-36-34(21-31)39(18-20-47-36)17-6-19-44-4/h7-16,21,29,35,37-38,41H,5-6,17-20,22-27H2,1-4H3/t29-,35+,37?,38+/m0/s1. The summed E-state index contributed by atoms with van der Waals surface area (Å²) in [6, 6.07) is 20.8. The topological polar surface area (TPSA) is 107 Å². The maximum absolute atomic E-state index is 13.8. The number of anilines is 1. The van der Waals surface area contributed by atoms with Crippen LogP contribution in [0.25, 0.3) is 0 Å². The van der Waals surface area contributed by atoms with E-state index in [0.29, 0.717) is 45.6 Å². The molecule has 0 aliphatic carbocycles. The Morgan fingerprint density at radius 2 is 1.69 bits per heavy atom. The number of fused-ring (bicyclic) bond motifs is 1. The van der Waals surface area contributed by atoms with Crippen molar-refractivity contribution in [2.75, 3.05) is 71.2 Å². The second-order valence-electron chi connectivity index (χ2n) is 13.1. The Morgan fingerprint density at radius 3 is 2.43 bits per heavy atom. The number of piperidine rings is 1. The number of hydrogen-bond donors (Lipinski definition) is 1. The third kappa shape index (κ3) is 9.82. The van der Waals surface area contributed by atoms with Gasteiger partial charge < -0.3 is 33.7 Å². The average molecular weight is 697 g/mol. The van der Waals surface area contributed by atoms with Crippen molar-refractivity contribution in [3.05, 3.63) is 89.0 Å². The van der Waals surface area contributed by atoms with E-state index < -0.39 is 28.1 Å². The molecule has 0 bridgehead atoms. The van der Waals surface area contributed by atoms with Crippen LogP contribution in [0.1, 0.15) is 48.4 Å². The minimum atomic E-state index is -3.86. The summed E-state index contributed by atoms with van der Waals surface area (Å²) in [6.45, 7) is 11.7. The number of sulfonamides is 1. The maximum atomic E-state index is 13.8. The van der Waals surface area contributed by atoms with E-state index >= 15 is 0 Å². The number of ether oxygens (including phenoxy) is 5. The van der Waals surface area contributed by atoms with Crippen molar-refractivity contribution in [3.63, 3.8) is 0 Å². The fourth-order valence-electron chi connectivity index (χ4n) is 6.43. The molecule has 0 radical (unpaired) electrons. The molecule has 2 aliphatic rings. The largest absolute Gasteiger partial charge is 0.490 e. The second kappa shape index (κ2) is 17.8. The summed E-state index contributed by atoms with van der Waals surface area (Å²) < 4.78 is 58.1. The molecule has 11 heteroatoms. The summed E-state index contributed by atoms with van der Waals surface area (Å²) in [6.07, 6.45) is -0.675. The number of nitrogens with zero attached hydrogens (tertiary/aromatic N) is 2. The number of β-amino-alcohol motifs (C(OH)–C–C–N with tert-alkyl or cyclic N) is 1. The SMILES string of the molecule is CCOC[C@H](C)COCc1ccc([C@H]2C(OCc3ccc4c(c3)N(CCCOC)CCO4)CN(S(=O)(=O)c3ccc(C)cc3)C[C@H]2O)cc1. The smallest absolute Gasteiger partial charge is 0.243 e. The van der Waals surface area contributed by atoms with E-state index in [9.17, 15) is 13.5 Å². The molecular weight excluding hydrogens is 644 g/mol. The summed E-state index contributed by atoms with van der Waals surface area (Å²) in [4.78, 5) is 2.50. The third-order valence-electron chi connectivity index (χ3n) is 9.11. The van der Waals surface area contributed by atoms with Gasteiger partial charge in [-0.1, -0.05) is 55.0 Å². The van der Waals surface area contributed by atoms with Gasteiger partial charge in [0.05, 0.1) is 55.8 Å². The van der Waals surface area contributed by atoms with Crippen LogP contribution < -0.4 is 9.64 Å². The Labute approximate surface area is 291 Å². The summed E-state index contributed by atoms with van der Waals surface area (Å²) in [5, 5.41) is 11.6. The van der Waals surface area contributed by atoms with Gasteiger partial charge in [0.25, 0.3) is 0 Å². The quantitative estimate of drug-likeness (QED) is 0.192. The number of rotatable bonds is 17. The minimum absolute atomic E-state index is 0.0318. The Morgan fingerprint density at radius 1 is 0.959 bits per heavy atom. The van der Waals surface area contributed by atoms with Crippen LogP contribution in [0.2, 0.25) is 0 Å². The normalized spacial score (nSPS) is 20.5. The van der Waals surface area contributed by atoms with Crippen molar-refractivity contribution in [1.29, 1.82) is 0 Å². The van der Waals surface area contributed by atoms with Gasteiger partial charge in [0.15, 0.2) is 0 Å². The predicted octanol–water partition coefficient (Wildman–Crippen LogP) is 5.15. The fourth-order valence-corrected chi connectivity index (χ4v) is 7.90. The van der Waals surface area contributed by atoms with E-state index in [4.69, 9.17) is 23.7 Å². The number of benzene rings is 3. The molecule has 0 saturated carbocycles. The molecule has 0 spiro atoms. The van der Waals surface area contributed by atoms with Gasteiger partial charge in [-0.2, -0.15) is 4.31 Å². The Hall–Kier alpha value is -3.03. The van der Waals surface area contributed by atoms with Crippen molar-refractivity contribution >= 4 is 15.7 Å². The zero-order valence-electron chi connectivity index (χ0n) is 29.3. The van der Waals surface area contributed by atoms with Gasteiger partial charge in [0.1, 0.15) is 12.4 Å². The fraction of sp³-hybridized carbons (Fsp3) is 0.526. The van der Waals surface area contributed by atoms with E-state index in [1.165, 1.54) is 4.31 Å². The molecule has 5 rings (SSSR count). The van der Waals surface area contributed by atoms with Gasteiger partial charge in [0, 0.05) is 51.8 Å².